The number of primary amides is 1. The highest BCUT2D eigenvalue weighted by Gasteiger charge is 2.30. The lowest BCUT2D eigenvalue weighted by Crippen LogP contribution is -2.38. The number of carbonyl (C=O) groups is 2. The maximum absolute atomic E-state index is 13.6. The normalized spacial score (nSPS) is 15.7. The first-order chi connectivity index (χ1) is 16.4. The fourth-order valence-electron chi connectivity index (χ4n) is 4.35. The Morgan fingerprint density at radius 3 is 2.71 bits per heavy atom. The van der Waals surface area contributed by atoms with E-state index in [-0.39, 0.29) is 29.5 Å². The van der Waals surface area contributed by atoms with Crippen LogP contribution in [0, 0.1) is 5.82 Å². The minimum Gasteiger partial charge on any atom is -0.370 e. The van der Waals surface area contributed by atoms with Gasteiger partial charge in [0.1, 0.15) is 11.5 Å². The number of hydrogen-bond donors (Lipinski definition) is 2. The lowest BCUT2D eigenvalue weighted by atomic mass is 10.1. The molecule has 1 saturated heterocycles. The topological polar surface area (TPSA) is 127 Å². The van der Waals surface area contributed by atoms with Gasteiger partial charge in [0.15, 0.2) is 0 Å². The summed E-state index contributed by atoms with van der Waals surface area (Å²) in [6.07, 6.45) is 3.35. The van der Waals surface area contributed by atoms with Crippen LogP contribution in [0.3, 0.4) is 0 Å². The standard InChI is InChI=1S/C24H21FN6O3/c25-16-5-8-20-15(10-16)11-19(23(33)27-20)21-13-31(29-28-21)17-6-3-14(4-7-17)24(34)30-9-1-2-18(30)12-22(26)32/h3-8,10-11,13,18H,1-2,9,12H2,(H2,26,32)(H,27,33)/t18-/m0/s1. The summed E-state index contributed by atoms with van der Waals surface area (Å²) in [5, 5.41) is 8.73. The molecule has 3 N–H and O–H groups in total. The highest BCUT2D eigenvalue weighted by atomic mass is 19.1. The van der Waals surface area contributed by atoms with E-state index in [2.05, 4.69) is 15.3 Å². The van der Waals surface area contributed by atoms with Crippen LogP contribution in [0.5, 0.6) is 0 Å². The maximum Gasteiger partial charge on any atom is 0.258 e. The van der Waals surface area contributed by atoms with Crippen molar-refractivity contribution in [2.45, 2.75) is 25.3 Å². The first-order valence-electron chi connectivity index (χ1n) is 10.8. The number of benzene rings is 2. The van der Waals surface area contributed by atoms with E-state index >= 15 is 0 Å². The van der Waals surface area contributed by atoms with Crippen LogP contribution in [0.2, 0.25) is 0 Å². The van der Waals surface area contributed by atoms with Crippen molar-refractivity contribution in [2.75, 3.05) is 6.54 Å². The van der Waals surface area contributed by atoms with E-state index in [9.17, 15) is 18.8 Å². The average molecular weight is 460 g/mol. The van der Waals surface area contributed by atoms with Gasteiger partial charge in [-0.05, 0) is 61.4 Å². The zero-order valence-corrected chi connectivity index (χ0v) is 18.1. The summed E-state index contributed by atoms with van der Waals surface area (Å²) < 4.78 is 15.1. The lowest BCUT2D eigenvalue weighted by Gasteiger charge is -2.23. The molecule has 0 spiro atoms. The van der Waals surface area contributed by atoms with E-state index in [1.807, 2.05) is 0 Å². The molecule has 2 aromatic carbocycles. The number of aromatic nitrogens is 4. The van der Waals surface area contributed by atoms with Crippen LogP contribution in [0.1, 0.15) is 29.6 Å². The predicted molar refractivity (Wildman–Crippen MR) is 123 cm³/mol. The molecule has 9 nitrogen and oxygen atoms in total. The van der Waals surface area contributed by atoms with E-state index in [0.717, 1.165) is 12.8 Å². The third kappa shape index (κ3) is 4.05. The summed E-state index contributed by atoms with van der Waals surface area (Å²) in [5.41, 5.74) is 7.23. The van der Waals surface area contributed by atoms with Gasteiger partial charge in [-0.1, -0.05) is 5.21 Å². The van der Waals surface area contributed by atoms with E-state index < -0.39 is 11.7 Å². The van der Waals surface area contributed by atoms with Crippen LogP contribution in [-0.4, -0.2) is 49.3 Å². The van der Waals surface area contributed by atoms with Crippen molar-refractivity contribution in [3.05, 3.63) is 76.5 Å². The van der Waals surface area contributed by atoms with Crippen molar-refractivity contribution in [1.82, 2.24) is 24.9 Å². The Morgan fingerprint density at radius 2 is 1.94 bits per heavy atom. The number of rotatable bonds is 5. The molecule has 1 aliphatic rings. The minimum atomic E-state index is -0.419. The highest BCUT2D eigenvalue weighted by molar-refractivity contribution is 5.95. The van der Waals surface area contributed by atoms with Gasteiger partial charge in [-0.2, -0.15) is 0 Å². The fourth-order valence-corrected chi connectivity index (χ4v) is 4.35. The number of nitrogens with two attached hydrogens (primary N) is 1. The summed E-state index contributed by atoms with van der Waals surface area (Å²) in [6, 6.07) is 12.4. The number of halogens is 1. The molecular weight excluding hydrogens is 439 g/mol. The quantitative estimate of drug-likeness (QED) is 0.473. The first-order valence-corrected chi connectivity index (χ1v) is 10.8. The second-order valence-corrected chi connectivity index (χ2v) is 8.30. The number of nitrogens with zero attached hydrogens (tertiary/aromatic N) is 4. The number of pyridine rings is 1. The van der Waals surface area contributed by atoms with Gasteiger partial charge in [0.25, 0.3) is 11.5 Å². The molecular formula is C24H21FN6O3. The van der Waals surface area contributed by atoms with Crippen LogP contribution in [0.15, 0.2) is 59.5 Å². The molecule has 0 radical (unpaired) electrons. The van der Waals surface area contributed by atoms with Gasteiger partial charge < -0.3 is 15.6 Å². The number of likely N-dealkylation sites (tertiary alicyclic amines) is 1. The average Bonchev–Trinajstić information content (AvgIpc) is 3.48. The van der Waals surface area contributed by atoms with E-state index in [1.165, 1.54) is 22.9 Å². The molecule has 0 bridgehead atoms. The third-order valence-corrected chi connectivity index (χ3v) is 6.03. The Labute approximate surface area is 193 Å². The zero-order chi connectivity index (χ0) is 23.8. The molecule has 34 heavy (non-hydrogen) atoms. The Morgan fingerprint density at radius 1 is 1.15 bits per heavy atom. The van der Waals surface area contributed by atoms with Gasteiger partial charge in [-0.25, -0.2) is 9.07 Å². The molecule has 1 aliphatic heterocycles. The van der Waals surface area contributed by atoms with Crippen LogP contribution in [-0.2, 0) is 4.79 Å². The Kier molecular flexibility index (Phi) is 5.40. The molecule has 172 valence electrons. The van der Waals surface area contributed by atoms with Gasteiger partial charge in [-0.3, -0.25) is 14.4 Å². The van der Waals surface area contributed by atoms with E-state index in [1.54, 1.807) is 41.4 Å². The molecule has 1 atom stereocenters. The lowest BCUT2D eigenvalue weighted by molar-refractivity contribution is -0.118. The SMILES string of the molecule is NC(=O)C[C@@H]1CCCN1C(=O)c1ccc(-n2cc(-c3cc4cc(F)ccc4[nH]c3=O)nn2)cc1. The molecule has 1 fully saturated rings. The first kappa shape index (κ1) is 21.5. The molecule has 0 aliphatic carbocycles. The number of carbonyl (C=O) groups excluding carboxylic acids is 2. The molecule has 10 heteroatoms. The molecule has 4 aromatic rings. The maximum atomic E-state index is 13.6. The van der Waals surface area contributed by atoms with Crippen molar-refractivity contribution in [3.8, 4) is 16.9 Å². The summed E-state index contributed by atoms with van der Waals surface area (Å²) >= 11 is 0. The molecule has 0 unspecified atom stereocenters. The van der Waals surface area contributed by atoms with Crippen molar-refractivity contribution in [1.29, 1.82) is 0 Å². The van der Waals surface area contributed by atoms with Gasteiger partial charge in [0.05, 0.1) is 17.4 Å². The van der Waals surface area contributed by atoms with Gasteiger partial charge in [-0.15, -0.1) is 5.10 Å². The summed E-state index contributed by atoms with van der Waals surface area (Å²) in [6.45, 7) is 0.592. The number of nitrogens with one attached hydrogen (secondary N) is 1. The smallest absolute Gasteiger partial charge is 0.258 e. The molecule has 2 aromatic heterocycles. The second kappa shape index (κ2) is 8.54. The summed E-state index contributed by atoms with van der Waals surface area (Å²) in [7, 11) is 0. The fraction of sp³-hybridized carbons (Fsp3) is 0.208. The van der Waals surface area contributed by atoms with Crippen LogP contribution in [0.4, 0.5) is 4.39 Å². The summed E-state index contributed by atoms with van der Waals surface area (Å²) in [5.74, 6) is -0.972. The third-order valence-electron chi connectivity index (χ3n) is 6.03. The number of hydrogen-bond acceptors (Lipinski definition) is 5. The number of H-pyrrole nitrogens is 1. The Balaban J connectivity index is 1.38. The Hall–Kier alpha value is -4.34. The largest absolute Gasteiger partial charge is 0.370 e. The molecule has 3 heterocycles. The number of aromatic amines is 1. The van der Waals surface area contributed by atoms with Crippen LogP contribution >= 0.6 is 0 Å². The van der Waals surface area contributed by atoms with E-state index in [0.29, 0.717) is 34.4 Å². The van der Waals surface area contributed by atoms with Crippen molar-refractivity contribution >= 4 is 22.7 Å². The van der Waals surface area contributed by atoms with Crippen molar-refractivity contribution in [3.63, 3.8) is 0 Å². The van der Waals surface area contributed by atoms with Gasteiger partial charge >= 0.3 is 0 Å². The van der Waals surface area contributed by atoms with E-state index in [4.69, 9.17) is 5.73 Å². The number of amides is 2. The van der Waals surface area contributed by atoms with Crippen LogP contribution in [0.25, 0.3) is 27.8 Å². The molecule has 0 saturated carbocycles. The highest BCUT2D eigenvalue weighted by Crippen LogP contribution is 2.23. The second-order valence-electron chi connectivity index (χ2n) is 8.30. The molecule has 5 rings (SSSR count). The monoisotopic (exact) mass is 460 g/mol. The molecule has 2 amide bonds. The predicted octanol–water partition coefficient (Wildman–Crippen LogP) is 2.39. The van der Waals surface area contributed by atoms with Crippen molar-refractivity contribution < 1.29 is 14.0 Å². The Bertz CT molecular complexity index is 1460. The minimum absolute atomic E-state index is 0.149. The van der Waals surface area contributed by atoms with Gasteiger partial charge in [0.2, 0.25) is 5.91 Å². The zero-order valence-electron chi connectivity index (χ0n) is 18.1. The van der Waals surface area contributed by atoms with Crippen molar-refractivity contribution in [2.24, 2.45) is 5.73 Å². The van der Waals surface area contributed by atoms with Crippen LogP contribution < -0.4 is 11.3 Å². The number of fused-ring (bicyclic) bond motifs is 1. The van der Waals surface area contributed by atoms with Gasteiger partial charge in [0, 0.05) is 35.5 Å². The summed E-state index contributed by atoms with van der Waals surface area (Å²) in [4.78, 5) is 41.1.